The van der Waals surface area contributed by atoms with Crippen LogP contribution in [-0.4, -0.2) is 57.8 Å². The molecule has 0 bridgehead atoms. The van der Waals surface area contributed by atoms with Gasteiger partial charge in [-0.05, 0) is 43.0 Å². The second-order valence-electron chi connectivity index (χ2n) is 7.66. The molecule has 0 aromatic heterocycles. The zero-order valence-electron chi connectivity index (χ0n) is 19.4. The minimum atomic E-state index is -1.26. The van der Waals surface area contributed by atoms with Crippen molar-refractivity contribution in [1.82, 2.24) is 5.32 Å². The molecule has 2 aromatic carbocycles. The van der Waals surface area contributed by atoms with E-state index in [0.717, 1.165) is 42.3 Å². The Morgan fingerprint density at radius 1 is 0.917 bits per heavy atom. The lowest BCUT2D eigenvalue weighted by molar-refractivity contribution is -0.384. The van der Waals surface area contributed by atoms with Crippen LogP contribution in [0.25, 0.3) is 0 Å². The molecule has 1 heterocycles. The first kappa shape index (κ1) is 27.7. The molecule has 0 radical (unpaired) electrons. The van der Waals surface area contributed by atoms with E-state index in [1.807, 2.05) is 18.2 Å². The van der Waals surface area contributed by atoms with E-state index in [9.17, 15) is 24.5 Å². The third-order valence-corrected chi connectivity index (χ3v) is 5.14. The smallest absolute Gasteiger partial charge is 0.328 e. The molecule has 0 atom stereocenters. The highest BCUT2D eigenvalue weighted by molar-refractivity contribution is 5.89. The Labute approximate surface area is 207 Å². The van der Waals surface area contributed by atoms with Crippen molar-refractivity contribution in [3.8, 4) is 0 Å². The molecule has 3 rings (SSSR count). The second kappa shape index (κ2) is 14.0. The molecule has 1 aliphatic rings. The van der Waals surface area contributed by atoms with Gasteiger partial charge in [-0.2, -0.15) is 0 Å². The Balaban J connectivity index is 0.000000493. The van der Waals surface area contributed by atoms with Crippen molar-refractivity contribution in [3.63, 3.8) is 0 Å². The maximum absolute atomic E-state index is 11.3. The first-order chi connectivity index (χ1) is 17.2. The van der Waals surface area contributed by atoms with Gasteiger partial charge in [0.05, 0.1) is 10.6 Å². The molecule has 0 fully saturated rings. The van der Waals surface area contributed by atoms with Crippen LogP contribution in [0.2, 0.25) is 0 Å². The Hall–Kier alpha value is -4.51. The summed E-state index contributed by atoms with van der Waals surface area (Å²) in [5.74, 6) is -3.47. The highest BCUT2D eigenvalue weighted by atomic mass is 16.6. The fraction of sp³-hybridized carbons (Fsp3) is 0.240. The lowest BCUT2D eigenvalue weighted by Gasteiger charge is -2.27. The number of nitro groups is 1. The minimum Gasteiger partial charge on any atom is -0.478 e. The van der Waals surface area contributed by atoms with Gasteiger partial charge in [-0.25, -0.2) is 14.4 Å². The monoisotopic (exact) mass is 497 g/mol. The highest BCUT2D eigenvalue weighted by Gasteiger charge is 2.22. The molecule has 0 unspecified atom stereocenters. The molecule has 0 amide bonds. The molecular weight excluding hydrogens is 470 g/mol. The van der Waals surface area contributed by atoms with Crippen molar-refractivity contribution < 1.29 is 34.6 Å². The van der Waals surface area contributed by atoms with Crippen LogP contribution in [0, 0.1) is 10.1 Å². The third kappa shape index (κ3) is 9.03. The zero-order valence-corrected chi connectivity index (χ0v) is 19.4. The fourth-order valence-corrected chi connectivity index (χ4v) is 3.60. The molecule has 2 aromatic rings. The number of nitro benzene ring substituents is 1. The number of nitrogens with one attached hydrogen (secondary N) is 1. The quantitative estimate of drug-likeness (QED) is 0.165. The van der Waals surface area contributed by atoms with Crippen LogP contribution in [0.4, 0.5) is 17.1 Å². The van der Waals surface area contributed by atoms with Gasteiger partial charge in [0, 0.05) is 49.1 Å². The minimum absolute atomic E-state index is 0.0973. The number of aryl methyl sites for hydroxylation is 2. The van der Waals surface area contributed by atoms with Crippen molar-refractivity contribution in [3.05, 3.63) is 88.0 Å². The Morgan fingerprint density at radius 2 is 1.53 bits per heavy atom. The summed E-state index contributed by atoms with van der Waals surface area (Å²) >= 11 is 0. The largest absolute Gasteiger partial charge is 0.478 e. The van der Waals surface area contributed by atoms with Gasteiger partial charge < -0.3 is 25.5 Å². The van der Waals surface area contributed by atoms with E-state index < -0.39 is 17.9 Å². The molecule has 1 aliphatic heterocycles. The van der Waals surface area contributed by atoms with E-state index in [2.05, 4.69) is 22.3 Å². The number of nitrogens with zero attached hydrogens (tertiary/aromatic N) is 2. The lowest BCUT2D eigenvalue weighted by Crippen LogP contribution is -2.24. The summed E-state index contributed by atoms with van der Waals surface area (Å²) in [4.78, 5) is 42.6. The van der Waals surface area contributed by atoms with Gasteiger partial charge in [-0.1, -0.05) is 30.3 Å². The number of non-ortho nitro benzene ring substituents is 1. The first-order valence-corrected chi connectivity index (χ1v) is 11.1. The molecule has 0 saturated heterocycles. The van der Waals surface area contributed by atoms with Gasteiger partial charge in [-0.3, -0.25) is 10.1 Å². The topological polar surface area (TPSA) is 170 Å². The van der Waals surface area contributed by atoms with Crippen LogP contribution in [-0.2, 0) is 27.2 Å². The Bertz CT molecular complexity index is 1140. The van der Waals surface area contributed by atoms with Gasteiger partial charge in [0.1, 0.15) is 0 Å². The number of rotatable bonds is 10. The molecule has 11 nitrogen and oxygen atoms in total. The van der Waals surface area contributed by atoms with E-state index in [4.69, 9.17) is 15.3 Å². The molecule has 0 aliphatic carbocycles. The number of anilines is 2. The summed E-state index contributed by atoms with van der Waals surface area (Å²) in [5.41, 5.74) is 4.43. The summed E-state index contributed by atoms with van der Waals surface area (Å²) in [5, 5.41) is 38.7. The number of aliphatic carboxylic acids is 3. The van der Waals surface area contributed by atoms with Crippen LogP contribution in [0.15, 0.2) is 66.8 Å². The van der Waals surface area contributed by atoms with Crippen molar-refractivity contribution in [1.29, 1.82) is 0 Å². The summed E-state index contributed by atoms with van der Waals surface area (Å²) in [6, 6.07) is 13.3. The standard InChI is InChI=1S/C21H23N3O4.C4H4O4/c25-21(26)7-3-12-22-13-4-14-23-19-6-2-1-5-16(19)8-9-17-10-11-18(24(27)28)15-20(17)23;5-3(6)1-2-4(7)8/h1-3,5-7,10-11,15,22H,4,8-9,12-14H2,(H,25,26);1-2H,(H,5,6)(H,7,8)/b7-3+;2-1-. The molecule has 190 valence electrons. The summed E-state index contributed by atoms with van der Waals surface area (Å²) in [6.07, 6.45) is 6.37. The Morgan fingerprint density at radius 3 is 2.14 bits per heavy atom. The van der Waals surface area contributed by atoms with Gasteiger partial charge in [-0.15, -0.1) is 0 Å². The van der Waals surface area contributed by atoms with E-state index in [-0.39, 0.29) is 10.6 Å². The number of carbonyl (C=O) groups is 3. The molecular formula is C25H27N3O8. The maximum atomic E-state index is 11.3. The lowest BCUT2D eigenvalue weighted by atomic mass is 10.0. The van der Waals surface area contributed by atoms with Crippen LogP contribution in [0.5, 0.6) is 0 Å². The zero-order chi connectivity index (χ0) is 26.5. The molecule has 11 heteroatoms. The SMILES string of the molecule is O=C(O)/C=C/CNCCCN1c2ccccc2CCc2ccc([N+](=O)[O-])cc21.O=C(O)/C=C\C(=O)O. The second-order valence-corrected chi connectivity index (χ2v) is 7.66. The van der Waals surface area contributed by atoms with Crippen molar-refractivity contribution in [2.45, 2.75) is 19.3 Å². The number of hydrogen-bond donors (Lipinski definition) is 4. The maximum Gasteiger partial charge on any atom is 0.328 e. The van der Waals surface area contributed by atoms with E-state index in [0.29, 0.717) is 31.8 Å². The van der Waals surface area contributed by atoms with E-state index >= 15 is 0 Å². The van der Waals surface area contributed by atoms with Crippen molar-refractivity contribution in [2.75, 3.05) is 24.5 Å². The predicted octanol–water partition coefficient (Wildman–Crippen LogP) is 3.16. The van der Waals surface area contributed by atoms with E-state index in [1.165, 1.54) is 5.56 Å². The van der Waals surface area contributed by atoms with Crippen LogP contribution in [0.1, 0.15) is 17.5 Å². The number of carboxylic acid groups (broad SMARTS) is 3. The van der Waals surface area contributed by atoms with Gasteiger partial charge in [0.25, 0.3) is 5.69 Å². The number of para-hydroxylation sites is 1. The first-order valence-electron chi connectivity index (χ1n) is 11.1. The number of benzene rings is 2. The molecule has 4 N–H and O–H groups in total. The van der Waals surface area contributed by atoms with Crippen molar-refractivity contribution in [2.24, 2.45) is 0 Å². The normalized spacial score (nSPS) is 12.3. The van der Waals surface area contributed by atoms with E-state index in [1.54, 1.807) is 18.2 Å². The van der Waals surface area contributed by atoms with Gasteiger partial charge in [0.2, 0.25) is 0 Å². The summed E-state index contributed by atoms with van der Waals surface area (Å²) < 4.78 is 0. The average molecular weight is 498 g/mol. The summed E-state index contributed by atoms with van der Waals surface area (Å²) in [7, 11) is 0. The number of fused-ring (bicyclic) bond motifs is 2. The third-order valence-electron chi connectivity index (χ3n) is 5.14. The van der Waals surface area contributed by atoms with Crippen LogP contribution in [0.3, 0.4) is 0 Å². The Kier molecular flexibility index (Phi) is 10.8. The molecule has 36 heavy (non-hydrogen) atoms. The predicted molar refractivity (Wildman–Crippen MR) is 133 cm³/mol. The van der Waals surface area contributed by atoms with Crippen LogP contribution < -0.4 is 10.2 Å². The van der Waals surface area contributed by atoms with Gasteiger partial charge >= 0.3 is 17.9 Å². The fourth-order valence-electron chi connectivity index (χ4n) is 3.60. The van der Waals surface area contributed by atoms with Crippen LogP contribution >= 0.6 is 0 Å². The average Bonchev–Trinajstić information content (AvgIpc) is 2.99. The van der Waals surface area contributed by atoms with Gasteiger partial charge in [0.15, 0.2) is 0 Å². The van der Waals surface area contributed by atoms with Crippen molar-refractivity contribution >= 4 is 35.0 Å². The molecule has 0 spiro atoms. The number of carboxylic acids is 3. The summed E-state index contributed by atoms with van der Waals surface area (Å²) in [6.45, 7) is 1.92. The number of hydrogen-bond acceptors (Lipinski definition) is 7. The highest BCUT2D eigenvalue weighted by Crippen LogP contribution is 2.37. The molecule has 0 saturated carbocycles.